The first-order valence-electron chi connectivity index (χ1n) is 6.88. The van der Waals surface area contributed by atoms with Crippen LogP contribution in [0.5, 0.6) is 5.75 Å². The van der Waals surface area contributed by atoms with E-state index in [9.17, 15) is 13.2 Å². The summed E-state index contributed by atoms with van der Waals surface area (Å²) >= 11 is 1.19. The van der Waals surface area contributed by atoms with Gasteiger partial charge in [0.2, 0.25) is 10.0 Å². The minimum atomic E-state index is -3.91. The lowest BCUT2D eigenvalue weighted by Crippen LogP contribution is -2.53. The number of nitrogens with zero attached hydrogens (tertiary/aromatic N) is 1. The van der Waals surface area contributed by atoms with Gasteiger partial charge in [0, 0.05) is 11.3 Å². The van der Waals surface area contributed by atoms with Crippen molar-refractivity contribution in [2.45, 2.75) is 35.3 Å². The van der Waals surface area contributed by atoms with Crippen LogP contribution in [0.25, 0.3) is 0 Å². The predicted molar refractivity (Wildman–Crippen MR) is 86.9 cm³/mol. The SMILES string of the molecule is COc1ccc(S(=O)(=O)N2CC(C)(C)SC2(C)C(=O)NO)cc1. The van der Waals surface area contributed by atoms with Crippen molar-refractivity contribution in [2.24, 2.45) is 0 Å². The van der Waals surface area contributed by atoms with Crippen LogP contribution < -0.4 is 10.2 Å². The second kappa shape index (κ2) is 5.97. The number of hydrogen-bond donors (Lipinski definition) is 2. The van der Waals surface area contributed by atoms with Gasteiger partial charge in [0.25, 0.3) is 5.91 Å². The highest BCUT2D eigenvalue weighted by Gasteiger charge is 2.56. The first kappa shape index (κ1) is 18.1. The van der Waals surface area contributed by atoms with Gasteiger partial charge in [-0.2, -0.15) is 4.31 Å². The smallest absolute Gasteiger partial charge is 0.274 e. The normalized spacial score (nSPS) is 24.4. The summed E-state index contributed by atoms with van der Waals surface area (Å²) in [4.78, 5) is 10.7. The summed E-state index contributed by atoms with van der Waals surface area (Å²) in [6.45, 7) is 5.34. The molecule has 2 N–H and O–H groups in total. The number of carbonyl (C=O) groups is 1. The molecule has 1 amide bonds. The standard InChI is InChI=1S/C14H20N2O5S2/c1-13(2)9-16(14(3,22-13)12(17)15-18)23(19,20)11-7-5-10(21-4)6-8-11/h5-8,18H,9H2,1-4H3,(H,15,17). The van der Waals surface area contributed by atoms with E-state index in [0.717, 1.165) is 4.31 Å². The van der Waals surface area contributed by atoms with E-state index in [1.807, 2.05) is 13.8 Å². The number of carbonyl (C=O) groups excluding carboxylic acids is 1. The maximum Gasteiger partial charge on any atom is 0.274 e. The monoisotopic (exact) mass is 360 g/mol. The van der Waals surface area contributed by atoms with Crippen LogP contribution in [0.1, 0.15) is 20.8 Å². The Bertz CT molecular complexity index is 702. The van der Waals surface area contributed by atoms with Gasteiger partial charge < -0.3 is 4.74 Å². The number of benzene rings is 1. The number of methoxy groups -OCH3 is 1. The van der Waals surface area contributed by atoms with Crippen molar-refractivity contribution in [3.05, 3.63) is 24.3 Å². The number of hydroxylamine groups is 1. The minimum Gasteiger partial charge on any atom is -0.497 e. The van der Waals surface area contributed by atoms with E-state index in [0.29, 0.717) is 5.75 Å². The van der Waals surface area contributed by atoms with Gasteiger partial charge in [0.1, 0.15) is 5.75 Å². The molecule has 0 spiro atoms. The summed E-state index contributed by atoms with van der Waals surface area (Å²) in [5.41, 5.74) is 1.57. The quantitative estimate of drug-likeness (QED) is 0.623. The van der Waals surface area contributed by atoms with Crippen molar-refractivity contribution < 1.29 is 23.2 Å². The van der Waals surface area contributed by atoms with E-state index in [2.05, 4.69) is 0 Å². The van der Waals surface area contributed by atoms with Gasteiger partial charge in [0.05, 0.1) is 12.0 Å². The molecule has 1 unspecified atom stereocenters. The molecule has 1 aromatic rings. The molecule has 1 aliphatic heterocycles. The Kier molecular flexibility index (Phi) is 4.69. The molecule has 1 heterocycles. The van der Waals surface area contributed by atoms with E-state index in [-0.39, 0.29) is 11.4 Å². The van der Waals surface area contributed by atoms with Crippen LogP contribution in [0.2, 0.25) is 0 Å². The van der Waals surface area contributed by atoms with Crippen molar-refractivity contribution in [3.8, 4) is 5.75 Å². The Morgan fingerprint density at radius 1 is 1.30 bits per heavy atom. The summed E-state index contributed by atoms with van der Waals surface area (Å²) in [5.74, 6) is -0.235. The van der Waals surface area contributed by atoms with Gasteiger partial charge in [-0.3, -0.25) is 10.0 Å². The number of sulfonamides is 1. The molecule has 0 radical (unpaired) electrons. The summed E-state index contributed by atoms with van der Waals surface area (Å²) < 4.78 is 31.6. The highest BCUT2D eigenvalue weighted by Crippen LogP contribution is 2.49. The van der Waals surface area contributed by atoms with E-state index in [1.165, 1.54) is 37.9 Å². The third kappa shape index (κ3) is 3.18. The van der Waals surface area contributed by atoms with Crippen molar-refractivity contribution in [3.63, 3.8) is 0 Å². The molecule has 1 aliphatic rings. The van der Waals surface area contributed by atoms with Crippen LogP contribution in [0.4, 0.5) is 0 Å². The molecular weight excluding hydrogens is 340 g/mol. The number of ether oxygens (including phenoxy) is 1. The summed E-state index contributed by atoms with van der Waals surface area (Å²) in [7, 11) is -2.42. The largest absolute Gasteiger partial charge is 0.497 e. The van der Waals surface area contributed by atoms with Gasteiger partial charge in [-0.25, -0.2) is 13.9 Å². The molecule has 1 aromatic carbocycles. The van der Waals surface area contributed by atoms with Crippen molar-refractivity contribution in [1.82, 2.24) is 9.79 Å². The summed E-state index contributed by atoms with van der Waals surface area (Å²) in [6.07, 6.45) is 0. The molecule has 0 bridgehead atoms. The van der Waals surface area contributed by atoms with E-state index < -0.39 is 25.5 Å². The zero-order valence-corrected chi connectivity index (χ0v) is 15.0. The van der Waals surface area contributed by atoms with Crippen molar-refractivity contribution in [1.29, 1.82) is 0 Å². The number of hydrogen-bond acceptors (Lipinski definition) is 6. The molecule has 2 rings (SSSR count). The van der Waals surface area contributed by atoms with Crippen molar-refractivity contribution >= 4 is 27.7 Å². The number of thioether (sulfide) groups is 1. The Morgan fingerprint density at radius 2 is 1.87 bits per heavy atom. The fraction of sp³-hybridized carbons (Fsp3) is 0.500. The molecule has 0 aromatic heterocycles. The average molecular weight is 360 g/mol. The Balaban J connectivity index is 2.49. The average Bonchev–Trinajstić information content (AvgIpc) is 2.77. The molecule has 9 heteroatoms. The lowest BCUT2D eigenvalue weighted by Gasteiger charge is -2.30. The zero-order chi connectivity index (χ0) is 17.5. The van der Waals surface area contributed by atoms with Crippen LogP contribution in [-0.2, 0) is 14.8 Å². The maximum absolute atomic E-state index is 13.0. The predicted octanol–water partition coefficient (Wildman–Crippen LogP) is 1.43. The zero-order valence-electron chi connectivity index (χ0n) is 13.4. The van der Waals surface area contributed by atoms with Crippen LogP contribution in [-0.4, -0.2) is 47.1 Å². The molecule has 0 aliphatic carbocycles. The summed E-state index contributed by atoms with van der Waals surface area (Å²) in [5, 5.41) is 9.00. The first-order chi connectivity index (χ1) is 10.6. The van der Waals surface area contributed by atoms with Crippen LogP contribution in [0, 0.1) is 0 Å². The second-order valence-corrected chi connectivity index (χ2v) is 9.94. The topological polar surface area (TPSA) is 95.9 Å². The molecule has 7 nitrogen and oxygen atoms in total. The fourth-order valence-corrected chi connectivity index (χ4v) is 6.40. The van der Waals surface area contributed by atoms with Gasteiger partial charge in [-0.1, -0.05) is 0 Å². The third-order valence-corrected chi connectivity index (χ3v) is 7.19. The van der Waals surface area contributed by atoms with Gasteiger partial charge in [-0.15, -0.1) is 11.8 Å². The number of nitrogens with one attached hydrogen (secondary N) is 1. The van der Waals surface area contributed by atoms with Crippen LogP contribution >= 0.6 is 11.8 Å². The molecule has 128 valence electrons. The molecule has 1 saturated heterocycles. The molecule has 23 heavy (non-hydrogen) atoms. The highest BCUT2D eigenvalue weighted by atomic mass is 32.2. The molecule has 1 atom stereocenters. The van der Waals surface area contributed by atoms with Gasteiger partial charge in [-0.05, 0) is 45.0 Å². The Morgan fingerprint density at radius 3 is 2.35 bits per heavy atom. The number of rotatable bonds is 4. The van der Waals surface area contributed by atoms with E-state index >= 15 is 0 Å². The fourth-order valence-electron chi connectivity index (χ4n) is 2.57. The highest BCUT2D eigenvalue weighted by molar-refractivity contribution is 8.04. The van der Waals surface area contributed by atoms with Crippen LogP contribution in [0.15, 0.2) is 29.2 Å². The first-order valence-corrected chi connectivity index (χ1v) is 9.14. The maximum atomic E-state index is 13.0. The molecular formula is C14H20N2O5S2. The number of amides is 1. The molecule has 0 saturated carbocycles. The third-order valence-electron chi connectivity index (χ3n) is 3.65. The molecule has 1 fully saturated rings. The van der Waals surface area contributed by atoms with Gasteiger partial charge in [0.15, 0.2) is 4.87 Å². The van der Waals surface area contributed by atoms with Crippen molar-refractivity contribution in [2.75, 3.05) is 13.7 Å². The second-order valence-electron chi connectivity index (χ2n) is 5.97. The Hall–Kier alpha value is -1.29. The minimum absolute atomic E-state index is 0.0635. The van der Waals surface area contributed by atoms with Gasteiger partial charge >= 0.3 is 0 Å². The Labute approximate surface area is 140 Å². The lowest BCUT2D eigenvalue weighted by atomic mass is 10.2. The van der Waals surface area contributed by atoms with E-state index in [4.69, 9.17) is 9.94 Å². The van der Waals surface area contributed by atoms with E-state index in [1.54, 1.807) is 17.6 Å². The summed E-state index contributed by atoms with van der Waals surface area (Å²) in [6, 6.07) is 5.96. The lowest BCUT2D eigenvalue weighted by molar-refractivity contribution is -0.133. The van der Waals surface area contributed by atoms with Crippen LogP contribution in [0.3, 0.4) is 0 Å².